The van der Waals surface area contributed by atoms with Gasteiger partial charge in [-0.2, -0.15) is 0 Å². The Bertz CT molecular complexity index is 1100. The zero-order chi connectivity index (χ0) is 19.0. The normalized spacial score (nSPS) is 11.1. The van der Waals surface area contributed by atoms with Crippen LogP contribution in [-0.4, -0.2) is 10.8 Å². The molecule has 2 aliphatic carbocycles. The van der Waals surface area contributed by atoms with E-state index < -0.39 is 0 Å². The summed E-state index contributed by atoms with van der Waals surface area (Å²) in [6, 6.07) is 17.2. The van der Waals surface area contributed by atoms with Crippen LogP contribution in [0, 0.1) is 13.8 Å². The fourth-order valence-corrected chi connectivity index (χ4v) is 4.39. The minimum atomic E-state index is 0.0296. The molecule has 0 aliphatic heterocycles. The summed E-state index contributed by atoms with van der Waals surface area (Å²) in [7, 11) is 0. The summed E-state index contributed by atoms with van der Waals surface area (Å²) in [5.74, 6) is 0.0296. The molecular formula is C23H18ClNOS. The predicted octanol–water partition coefficient (Wildman–Crippen LogP) is 6.34. The second-order valence-corrected chi connectivity index (χ2v) is 7.99. The SMILES string of the molecule is Cc1csc(Cc2c3cccccc-3c(C(=O)c3ccc(Cl)cc3)c2C)n1. The van der Waals surface area contributed by atoms with Gasteiger partial charge in [0.25, 0.3) is 0 Å². The van der Waals surface area contributed by atoms with Crippen molar-refractivity contribution in [1.82, 2.24) is 4.98 Å². The largest absolute Gasteiger partial charge is 0.289 e. The van der Waals surface area contributed by atoms with Crippen LogP contribution in [0.4, 0.5) is 0 Å². The van der Waals surface area contributed by atoms with Gasteiger partial charge in [0.15, 0.2) is 5.78 Å². The highest BCUT2D eigenvalue weighted by Crippen LogP contribution is 2.38. The maximum atomic E-state index is 13.3. The summed E-state index contributed by atoms with van der Waals surface area (Å²) in [5.41, 5.74) is 6.76. The minimum Gasteiger partial charge on any atom is -0.289 e. The maximum absolute atomic E-state index is 13.3. The van der Waals surface area contributed by atoms with Crippen LogP contribution >= 0.6 is 22.9 Å². The number of hydrogen-bond acceptors (Lipinski definition) is 3. The topological polar surface area (TPSA) is 30.0 Å². The van der Waals surface area contributed by atoms with Crippen LogP contribution in [0.2, 0.25) is 5.02 Å². The van der Waals surface area contributed by atoms with Crippen LogP contribution in [0.15, 0.2) is 60.0 Å². The van der Waals surface area contributed by atoms with Gasteiger partial charge >= 0.3 is 0 Å². The summed E-state index contributed by atoms with van der Waals surface area (Å²) in [6.45, 7) is 4.05. The lowest BCUT2D eigenvalue weighted by molar-refractivity contribution is 0.103. The molecule has 1 heterocycles. The molecule has 0 amide bonds. The first kappa shape index (κ1) is 17.9. The van der Waals surface area contributed by atoms with Crippen LogP contribution in [-0.2, 0) is 6.42 Å². The molecule has 0 spiro atoms. The van der Waals surface area contributed by atoms with Crippen LogP contribution in [0.1, 0.15) is 37.7 Å². The van der Waals surface area contributed by atoms with Crippen molar-refractivity contribution in [3.63, 3.8) is 0 Å². The van der Waals surface area contributed by atoms with Crippen molar-refractivity contribution < 1.29 is 4.79 Å². The summed E-state index contributed by atoms with van der Waals surface area (Å²) in [6.07, 6.45) is 0.735. The first-order valence-electron chi connectivity index (χ1n) is 8.76. The number of nitrogens with zero attached hydrogens (tertiary/aromatic N) is 1. The van der Waals surface area contributed by atoms with Crippen molar-refractivity contribution in [2.45, 2.75) is 20.3 Å². The smallest absolute Gasteiger partial charge is 0.193 e. The molecule has 0 atom stereocenters. The molecule has 1 aromatic carbocycles. The number of halogens is 1. The van der Waals surface area contributed by atoms with Crippen LogP contribution in [0.5, 0.6) is 0 Å². The Labute approximate surface area is 167 Å². The van der Waals surface area contributed by atoms with Crippen LogP contribution in [0.25, 0.3) is 11.1 Å². The lowest BCUT2D eigenvalue weighted by Gasteiger charge is -2.04. The number of ketones is 1. The molecule has 2 aliphatic rings. The Morgan fingerprint density at radius 1 is 1.00 bits per heavy atom. The monoisotopic (exact) mass is 391 g/mol. The van der Waals surface area contributed by atoms with Crippen LogP contribution in [0.3, 0.4) is 0 Å². The summed E-state index contributed by atoms with van der Waals surface area (Å²) >= 11 is 7.65. The van der Waals surface area contributed by atoms with E-state index in [-0.39, 0.29) is 5.78 Å². The van der Waals surface area contributed by atoms with Crippen molar-refractivity contribution >= 4 is 28.7 Å². The predicted molar refractivity (Wildman–Crippen MR) is 112 cm³/mol. The van der Waals surface area contributed by atoms with Crippen molar-refractivity contribution in [3.05, 3.63) is 98.0 Å². The number of benzene rings is 1. The Hall–Kier alpha value is -2.49. The summed E-state index contributed by atoms with van der Waals surface area (Å²) in [4.78, 5) is 17.9. The Balaban J connectivity index is 1.87. The first-order chi connectivity index (χ1) is 13.0. The average molecular weight is 392 g/mol. The summed E-state index contributed by atoms with van der Waals surface area (Å²) in [5, 5.41) is 3.76. The summed E-state index contributed by atoms with van der Waals surface area (Å²) < 4.78 is 0. The van der Waals surface area contributed by atoms with Gasteiger partial charge in [0, 0.05) is 33.6 Å². The van der Waals surface area contributed by atoms with Gasteiger partial charge in [-0.15, -0.1) is 11.3 Å². The molecule has 2 aromatic rings. The number of aryl methyl sites for hydroxylation is 1. The van der Waals surface area contributed by atoms with Gasteiger partial charge in [-0.05, 0) is 60.4 Å². The van der Waals surface area contributed by atoms with Gasteiger partial charge in [0.1, 0.15) is 0 Å². The fourth-order valence-electron chi connectivity index (χ4n) is 3.48. The molecule has 1 aromatic heterocycles. The second kappa shape index (κ2) is 7.26. The van der Waals surface area contributed by atoms with Crippen LogP contribution < -0.4 is 0 Å². The third-order valence-electron chi connectivity index (χ3n) is 4.79. The number of carbonyl (C=O) groups excluding carboxylic acids is 1. The standard InChI is InChI=1S/C23H18ClNOS/c1-14-13-27-21(25-14)12-20-15(2)22(19-7-5-3-4-6-18(19)20)23(26)16-8-10-17(24)11-9-16/h3-11,13H,12H2,1-2H3. The quantitative estimate of drug-likeness (QED) is 0.380. The lowest BCUT2D eigenvalue weighted by atomic mass is 9.99. The molecule has 0 saturated carbocycles. The van der Waals surface area contributed by atoms with Gasteiger partial charge in [0.2, 0.25) is 0 Å². The number of carbonyl (C=O) groups is 1. The Kier molecular flexibility index (Phi) is 4.81. The number of rotatable bonds is 4. The van der Waals surface area contributed by atoms with Gasteiger partial charge < -0.3 is 0 Å². The van der Waals surface area contributed by atoms with E-state index in [1.54, 1.807) is 35.6 Å². The zero-order valence-corrected chi connectivity index (χ0v) is 16.7. The molecule has 0 unspecified atom stereocenters. The molecule has 0 bridgehead atoms. The lowest BCUT2D eigenvalue weighted by Crippen LogP contribution is -2.03. The highest BCUT2D eigenvalue weighted by atomic mass is 35.5. The molecule has 0 radical (unpaired) electrons. The minimum absolute atomic E-state index is 0.0296. The van der Waals surface area contributed by atoms with E-state index in [0.29, 0.717) is 10.6 Å². The third-order valence-corrected chi connectivity index (χ3v) is 6.01. The molecule has 0 N–H and O–H groups in total. The number of hydrogen-bond donors (Lipinski definition) is 0. The fraction of sp³-hybridized carbons (Fsp3) is 0.130. The van der Waals surface area contributed by atoms with Crippen molar-refractivity contribution in [2.24, 2.45) is 0 Å². The van der Waals surface area contributed by atoms with Crippen molar-refractivity contribution in [2.75, 3.05) is 0 Å². The zero-order valence-electron chi connectivity index (χ0n) is 15.1. The van der Waals surface area contributed by atoms with Gasteiger partial charge in [-0.3, -0.25) is 4.79 Å². The molecule has 4 heteroatoms. The van der Waals surface area contributed by atoms with E-state index in [4.69, 9.17) is 11.6 Å². The molecule has 0 saturated heterocycles. The second-order valence-electron chi connectivity index (χ2n) is 6.61. The molecular weight excluding hydrogens is 374 g/mol. The van der Waals surface area contributed by atoms with E-state index in [1.165, 1.54) is 5.56 Å². The van der Waals surface area contributed by atoms with E-state index in [9.17, 15) is 4.79 Å². The molecule has 134 valence electrons. The molecule has 27 heavy (non-hydrogen) atoms. The number of aromatic nitrogens is 1. The van der Waals surface area contributed by atoms with Gasteiger partial charge in [-0.25, -0.2) is 4.98 Å². The Morgan fingerprint density at radius 2 is 1.70 bits per heavy atom. The highest BCUT2D eigenvalue weighted by Gasteiger charge is 2.25. The molecule has 4 rings (SSSR count). The number of thiazole rings is 1. The third kappa shape index (κ3) is 3.41. The number of fused-ring (bicyclic) bond motifs is 1. The average Bonchev–Trinajstić information content (AvgIpc) is 3.06. The molecule has 0 fully saturated rings. The van der Waals surface area contributed by atoms with Crippen molar-refractivity contribution in [1.29, 1.82) is 0 Å². The Morgan fingerprint density at radius 3 is 2.37 bits per heavy atom. The van der Waals surface area contributed by atoms with E-state index in [2.05, 4.69) is 16.4 Å². The van der Waals surface area contributed by atoms with Gasteiger partial charge in [0.05, 0.1) is 5.01 Å². The van der Waals surface area contributed by atoms with E-state index in [0.717, 1.165) is 39.4 Å². The van der Waals surface area contributed by atoms with E-state index >= 15 is 0 Å². The highest BCUT2D eigenvalue weighted by molar-refractivity contribution is 7.09. The first-order valence-corrected chi connectivity index (χ1v) is 10.0. The van der Waals surface area contributed by atoms with Crippen molar-refractivity contribution in [3.8, 4) is 11.1 Å². The molecule has 2 nitrogen and oxygen atoms in total. The maximum Gasteiger partial charge on any atom is 0.193 e. The van der Waals surface area contributed by atoms with Gasteiger partial charge in [-0.1, -0.05) is 41.9 Å². The van der Waals surface area contributed by atoms with E-state index in [1.807, 2.05) is 38.1 Å².